The van der Waals surface area contributed by atoms with Gasteiger partial charge in [-0.25, -0.2) is 5.01 Å². The van der Waals surface area contributed by atoms with Crippen molar-refractivity contribution >= 4 is 28.8 Å². The van der Waals surface area contributed by atoms with Crippen LogP contribution in [0.25, 0.3) is 0 Å². The van der Waals surface area contributed by atoms with E-state index in [2.05, 4.69) is 10.7 Å². The van der Waals surface area contributed by atoms with E-state index in [1.165, 1.54) is 17.8 Å². The number of hydrazine groups is 1. The van der Waals surface area contributed by atoms with Crippen molar-refractivity contribution in [1.29, 1.82) is 0 Å². The van der Waals surface area contributed by atoms with Crippen molar-refractivity contribution in [3.63, 3.8) is 0 Å². The van der Waals surface area contributed by atoms with Crippen LogP contribution < -0.4 is 10.7 Å². The van der Waals surface area contributed by atoms with Gasteiger partial charge in [-0.05, 0) is 48.6 Å². The fraction of sp³-hybridized carbons (Fsp3) is 0.294. The summed E-state index contributed by atoms with van der Waals surface area (Å²) in [6.07, 6.45) is 3.47. The van der Waals surface area contributed by atoms with E-state index in [1.807, 2.05) is 16.5 Å². The first kappa shape index (κ1) is 15.7. The third kappa shape index (κ3) is 4.18. The lowest BCUT2D eigenvalue weighted by Gasteiger charge is -2.26. The highest BCUT2D eigenvalue weighted by Gasteiger charge is 2.14. The van der Waals surface area contributed by atoms with Crippen molar-refractivity contribution in [3.8, 4) is 0 Å². The zero-order valence-corrected chi connectivity index (χ0v) is 13.6. The van der Waals surface area contributed by atoms with Crippen LogP contribution >= 0.6 is 11.3 Å². The summed E-state index contributed by atoms with van der Waals surface area (Å²) in [7, 11) is 0. The maximum absolute atomic E-state index is 12.2. The van der Waals surface area contributed by atoms with E-state index in [1.54, 1.807) is 30.3 Å². The van der Waals surface area contributed by atoms with Gasteiger partial charge in [0.1, 0.15) is 0 Å². The lowest BCUT2D eigenvalue weighted by molar-refractivity contribution is 0.0750. The van der Waals surface area contributed by atoms with E-state index in [0.717, 1.165) is 25.9 Å². The molecular formula is C17H19N3O2S. The minimum absolute atomic E-state index is 0.108. The van der Waals surface area contributed by atoms with Gasteiger partial charge in [-0.15, -0.1) is 11.3 Å². The highest BCUT2D eigenvalue weighted by atomic mass is 32.1. The van der Waals surface area contributed by atoms with E-state index in [0.29, 0.717) is 16.1 Å². The molecule has 2 N–H and O–H groups in total. The van der Waals surface area contributed by atoms with Crippen molar-refractivity contribution in [3.05, 3.63) is 52.2 Å². The van der Waals surface area contributed by atoms with Crippen molar-refractivity contribution in [2.45, 2.75) is 19.3 Å². The molecular weight excluding hydrogens is 310 g/mol. The molecule has 1 aliphatic heterocycles. The average Bonchev–Trinajstić information content (AvgIpc) is 3.11. The number of piperidine rings is 1. The molecule has 0 atom stereocenters. The van der Waals surface area contributed by atoms with E-state index >= 15 is 0 Å². The van der Waals surface area contributed by atoms with Gasteiger partial charge in [-0.3, -0.25) is 15.0 Å². The Labute approximate surface area is 139 Å². The molecule has 1 aromatic carbocycles. The summed E-state index contributed by atoms with van der Waals surface area (Å²) >= 11 is 1.40. The van der Waals surface area contributed by atoms with E-state index in [-0.39, 0.29) is 11.8 Å². The molecule has 0 saturated carbocycles. The summed E-state index contributed by atoms with van der Waals surface area (Å²) < 4.78 is 0. The standard InChI is InChI=1S/C17H19N3O2S/c21-16(19-20-10-2-1-3-11-20)13-6-8-14(9-7-13)18-17(22)15-5-4-12-23-15/h4-9,12H,1-3,10-11H2,(H,18,22)(H,19,21). The summed E-state index contributed by atoms with van der Waals surface area (Å²) in [5.41, 5.74) is 4.19. The number of carbonyl (C=O) groups excluding carboxylic acids is 2. The maximum Gasteiger partial charge on any atom is 0.265 e. The largest absolute Gasteiger partial charge is 0.321 e. The van der Waals surface area contributed by atoms with Gasteiger partial charge in [0.2, 0.25) is 0 Å². The number of rotatable bonds is 4. The molecule has 23 heavy (non-hydrogen) atoms. The van der Waals surface area contributed by atoms with Crippen LogP contribution in [0, 0.1) is 0 Å². The molecule has 0 unspecified atom stereocenters. The molecule has 120 valence electrons. The number of thiophene rings is 1. The van der Waals surface area contributed by atoms with Crippen molar-refractivity contribution in [2.24, 2.45) is 0 Å². The summed E-state index contributed by atoms with van der Waals surface area (Å²) in [5, 5.41) is 6.66. The van der Waals surface area contributed by atoms with Gasteiger partial charge >= 0.3 is 0 Å². The van der Waals surface area contributed by atoms with Gasteiger partial charge in [0.05, 0.1) is 4.88 Å². The van der Waals surface area contributed by atoms with Crippen LogP contribution in [-0.4, -0.2) is 29.9 Å². The van der Waals surface area contributed by atoms with Crippen molar-refractivity contribution in [1.82, 2.24) is 10.4 Å². The third-order valence-electron chi connectivity index (χ3n) is 3.77. The van der Waals surface area contributed by atoms with Gasteiger partial charge in [0.25, 0.3) is 11.8 Å². The zero-order valence-electron chi connectivity index (χ0n) is 12.7. The number of benzene rings is 1. The minimum atomic E-state index is -0.134. The maximum atomic E-state index is 12.2. The fourth-order valence-electron chi connectivity index (χ4n) is 2.52. The van der Waals surface area contributed by atoms with Crippen LogP contribution in [0.3, 0.4) is 0 Å². The second kappa shape index (κ2) is 7.39. The number of carbonyl (C=O) groups is 2. The highest BCUT2D eigenvalue weighted by Crippen LogP contribution is 2.14. The quantitative estimate of drug-likeness (QED) is 0.906. The number of nitrogens with zero attached hydrogens (tertiary/aromatic N) is 1. The van der Waals surface area contributed by atoms with E-state index in [9.17, 15) is 9.59 Å². The Hall–Kier alpha value is -2.18. The van der Waals surface area contributed by atoms with Crippen LogP contribution in [0.2, 0.25) is 0 Å². The van der Waals surface area contributed by atoms with E-state index in [4.69, 9.17) is 0 Å². The van der Waals surface area contributed by atoms with Gasteiger partial charge in [-0.2, -0.15) is 0 Å². The van der Waals surface area contributed by atoms with Crippen molar-refractivity contribution in [2.75, 3.05) is 18.4 Å². The Balaban J connectivity index is 1.58. The minimum Gasteiger partial charge on any atom is -0.321 e. The number of hydrogen-bond donors (Lipinski definition) is 2. The Kier molecular flexibility index (Phi) is 5.05. The SMILES string of the molecule is O=C(NN1CCCCC1)c1ccc(NC(=O)c2cccs2)cc1. The first-order valence-corrected chi connectivity index (χ1v) is 8.61. The van der Waals surface area contributed by atoms with Crippen LogP contribution in [0.1, 0.15) is 39.3 Å². The molecule has 6 heteroatoms. The Bertz CT molecular complexity index is 662. The first-order valence-electron chi connectivity index (χ1n) is 7.73. The molecule has 1 saturated heterocycles. The number of nitrogens with one attached hydrogen (secondary N) is 2. The molecule has 2 aromatic rings. The molecule has 2 heterocycles. The summed E-state index contributed by atoms with van der Waals surface area (Å²) in [5.74, 6) is -0.242. The van der Waals surface area contributed by atoms with Crippen LogP contribution in [-0.2, 0) is 0 Å². The Morgan fingerprint density at radius 3 is 2.35 bits per heavy atom. The van der Waals surface area contributed by atoms with Crippen LogP contribution in [0.4, 0.5) is 5.69 Å². The zero-order chi connectivity index (χ0) is 16.1. The van der Waals surface area contributed by atoms with Gasteiger partial charge in [-0.1, -0.05) is 12.5 Å². The third-order valence-corrected chi connectivity index (χ3v) is 4.63. The second-order valence-corrected chi connectivity index (χ2v) is 6.45. The molecule has 3 rings (SSSR count). The van der Waals surface area contributed by atoms with Gasteiger partial charge in [0, 0.05) is 24.3 Å². The second-order valence-electron chi connectivity index (χ2n) is 5.50. The molecule has 0 spiro atoms. The number of hydrogen-bond acceptors (Lipinski definition) is 4. The summed E-state index contributed by atoms with van der Waals surface area (Å²) in [6.45, 7) is 1.81. The topological polar surface area (TPSA) is 61.4 Å². The number of amides is 2. The van der Waals surface area contributed by atoms with Gasteiger partial charge < -0.3 is 5.32 Å². The molecule has 0 bridgehead atoms. The molecule has 0 radical (unpaired) electrons. The van der Waals surface area contributed by atoms with E-state index < -0.39 is 0 Å². The van der Waals surface area contributed by atoms with Crippen LogP contribution in [0.15, 0.2) is 41.8 Å². The molecule has 0 aliphatic carbocycles. The Morgan fingerprint density at radius 1 is 0.957 bits per heavy atom. The lowest BCUT2D eigenvalue weighted by atomic mass is 10.1. The highest BCUT2D eigenvalue weighted by molar-refractivity contribution is 7.12. The molecule has 1 fully saturated rings. The van der Waals surface area contributed by atoms with Gasteiger partial charge in [0.15, 0.2) is 0 Å². The molecule has 1 aromatic heterocycles. The average molecular weight is 329 g/mol. The monoisotopic (exact) mass is 329 g/mol. The molecule has 2 amide bonds. The summed E-state index contributed by atoms with van der Waals surface area (Å²) in [6, 6.07) is 10.6. The smallest absolute Gasteiger partial charge is 0.265 e. The predicted molar refractivity (Wildman–Crippen MR) is 91.6 cm³/mol. The molecule has 1 aliphatic rings. The van der Waals surface area contributed by atoms with Crippen molar-refractivity contribution < 1.29 is 9.59 Å². The predicted octanol–water partition coefficient (Wildman–Crippen LogP) is 3.13. The fourth-order valence-corrected chi connectivity index (χ4v) is 3.14. The normalized spacial score (nSPS) is 15.1. The number of anilines is 1. The lowest BCUT2D eigenvalue weighted by Crippen LogP contribution is -2.45. The summed E-state index contributed by atoms with van der Waals surface area (Å²) in [4.78, 5) is 24.8. The first-order chi connectivity index (χ1) is 11.2. The van der Waals surface area contributed by atoms with Crippen LogP contribution in [0.5, 0.6) is 0 Å². The molecule has 5 nitrogen and oxygen atoms in total. The Morgan fingerprint density at radius 2 is 1.70 bits per heavy atom.